The van der Waals surface area contributed by atoms with Crippen LogP contribution in [0.5, 0.6) is 0 Å². The van der Waals surface area contributed by atoms with Crippen molar-refractivity contribution in [2.24, 2.45) is 11.7 Å². The lowest BCUT2D eigenvalue weighted by molar-refractivity contribution is -0.151. The molecule has 0 saturated carbocycles. The van der Waals surface area contributed by atoms with Crippen molar-refractivity contribution in [3.05, 3.63) is 35.4 Å². The zero-order valence-electron chi connectivity index (χ0n) is 14.1. The quantitative estimate of drug-likeness (QED) is 0.909. The minimum absolute atomic E-state index is 0.101. The van der Waals surface area contributed by atoms with E-state index in [9.17, 15) is 9.59 Å². The Morgan fingerprint density at radius 3 is 2.67 bits per heavy atom. The van der Waals surface area contributed by atoms with Crippen molar-refractivity contribution in [3.8, 4) is 0 Å². The van der Waals surface area contributed by atoms with E-state index in [4.69, 9.17) is 10.5 Å². The van der Waals surface area contributed by atoms with Gasteiger partial charge in [-0.25, -0.2) is 4.79 Å². The third-order valence-corrected chi connectivity index (χ3v) is 4.98. The number of rotatable bonds is 4. The second-order valence-electron chi connectivity index (χ2n) is 6.73. The number of hydrogen-bond acceptors (Lipinski definition) is 3. The highest BCUT2D eigenvalue weighted by Gasteiger charge is 2.37. The van der Waals surface area contributed by atoms with Gasteiger partial charge in [0.2, 0.25) is 5.91 Å². The maximum Gasteiger partial charge on any atom is 0.314 e. The Bertz CT molecular complexity index is 613. The maximum absolute atomic E-state index is 12.5. The smallest absolute Gasteiger partial charge is 0.314 e. The van der Waals surface area contributed by atoms with E-state index in [2.05, 4.69) is 19.1 Å². The first-order valence-corrected chi connectivity index (χ1v) is 8.54. The van der Waals surface area contributed by atoms with Gasteiger partial charge in [0.1, 0.15) is 0 Å². The Morgan fingerprint density at radius 1 is 1.21 bits per heavy atom. The lowest BCUT2D eigenvalue weighted by Crippen LogP contribution is -2.58. The van der Waals surface area contributed by atoms with Crippen LogP contribution in [0.4, 0.5) is 4.79 Å². The molecule has 0 radical (unpaired) electrons. The molecule has 0 aromatic heterocycles. The number of benzene rings is 1. The van der Waals surface area contributed by atoms with E-state index in [0.29, 0.717) is 32.8 Å². The molecule has 2 aliphatic rings. The summed E-state index contributed by atoms with van der Waals surface area (Å²) in [5.41, 5.74) is 7.73. The molecule has 2 heterocycles. The van der Waals surface area contributed by atoms with Crippen LogP contribution in [0.25, 0.3) is 0 Å². The topological polar surface area (TPSA) is 75.9 Å². The molecule has 1 atom stereocenters. The van der Waals surface area contributed by atoms with Crippen LogP contribution in [0.2, 0.25) is 0 Å². The molecule has 0 aliphatic carbocycles. The average molecular weight is 331 g/mol. The number of nitrogens with zero attached hydrogens (tertiary/aromatic N) is 2. The first-order valence-electron chi connectivity index (χ1n) is 8.54. The number of likely N-dealkylation sites (tertiary alicyclic amines) is 2. The minimum Gasteiger partial charge on any atom is -0.370 e. The Balaban J connectivity index is 1.43. The first kappa shape index (κ1) is 16.8. The molecule has 2 saturated heterocycles. The van der Waals surface area contributed by atoms with Gasteiger partial charge in [-0.1, -0.05) is 24.3 Å². The van der Waals surface area contributed by atoms with E-state index in [1.807, 2.05) is 17.0 Å². The van der Waals surface area contributed by atoms with Crippen molar-refractivity contribution in [2.45, 2.75) is 32.5 Å². The average Bonchev–Trinajstić information content (AvgIpc) is 2.54. The van der Waals surface area contributed by atoms with Crippen LogP contribution >= 0.6 is 0 Å². The van der Waals surface area contributed by atoms with Gasteiger partial charge in [0, 0.05) is 26.2 Å². The third kappa shape index (κ3) is 3.70. The van der Waals surface area contributed by atoms with Gasteiger partial charge in [-0.15, -0.1) is 0 Å². The number of primary amides is 1. The molecule has 0 spiro atoms. The molecule has 3 amide bonds. The van der Waals surface area contributed by atoms with Crippen molar-refractivity contribution in [1.82, 2.24) is 9.80 Å². The van der Waals surface area contributed by atoms with Crippen LogP contribution in [-0.2, 0) is 16.1 Å². The molecule has 0 bridgehead atoms. The second kappa shape index (κ2) is 7.21. The molecule has 6 heteroatoms. The predicted octanol–water partition coefficient (Wildman–Crippen LogP) is 1.51. The molecule has 0 unspecified atom stereocenters. The summed E-state index contributed by atoms with van der Waals surface area (Å²) in [6.45, 7) is 5.03. The standard InChI is InChI=1S/C18H25N3O3/c1-13-5-2-3-6-15(13)12-24-16-10-21(11-16)17(22)14-7-4-8-20(9-14)18(19)23/h2-3,5-6,14,16H,4,7-12H2,1H3,(H2,19,23)/t14-/m0/s1. The summed E-state index contributed by atoms with van der Waals surface area (Å²) >= 11 is 0. The van der Waals surface area contributed by atoms with Gasteiger partial charge in [-0.05, 0) is 30.9 Å². The van der Waals surface area contributed by atoms with E-state index in [1.54, 1.807) is 4.90 Å². The molecule has 2 aliphatic heterocycles. The number of urea groups is 1. The summed E-state index contributed by atoms with van der Waals surface area (Å²) in [6.07, 6.45) is 1.76. The Labute approximate surface area is 142 Å². The van der Waals surface area contributed by atoms with Gasteiger partial charge in [-0.3, -0.25) is 4.79 Å². The fourth-order valence-electron chi connectivity index (χ4n) is 3.34. The van der Waals surface area contributed by atoms with Crippen molar-refractivity contribution in [3.63, 3.8) is 0 Å². The Hall–Kier alpha value is -2.08. The van der Waals surface area contributed by atoms with E-state index < -0.39 is 6.03 Å². The number of aryl methyl sites for hydroxylation is 1. The lowest BCUT2D eigenvalue weighted by Gasteiger charge is -2.42. The number of amides is 3. The lowest BCUT2D eigenvalue weighted by atomic mass is 9.95. The predicted molar refractivity (Wildman–Crippen MR) is 90.2 cm³/mol. The van der Waals surface area contributed by atoms with Gasteiger partial charge in [0.15, 0.2) is 0 Å². The Kier molecular flexibility index (Phi) is 5.04. The normalized spacial score (nSPS) is 21.5. The van der Waals surface area contributed by atoms with E-state index in [0.717, 1.165) is 12.8 Å². The first-order chi connectivity index (χ1) is 11.5. The van der Waals surface area contributed by atoms with E-state index in [-0.39, 0.29) is 17.9 Å². The molecule has 24 heavy (non-hydrogen) atoms. The van der Waals surface area contributed by atoms with Gasteiger partial charge in [0.25, 0.3) is 0 Å². The molecule has 1 aromatic carbocycles. The number of piperidine rings is 1. The van der Waals surface area contributed by atoms with Crippen LogP contribution in [0.15, 0.2) is 24.3 Å². The number of nitrogens with two attached hydrogens (primary N) is 1. The molecular formula is C18H25N3O3. The molecule has 2 fully saturated rings. The van der Waals surface area contributed by atoms with Gasteiger partial charge >= 0.3 is 6.03 Å². The van der Waals surface area contributed by atoms with Crippen molar-refractivity contribution >= 4 is 11.9 Å². The SMILES string of the molecule is Cc1ccccc1COC1CN(C(=O)[C@H]2CCCN(C(N)=O)C2)C1. The molecule has 130 valence electrons. The highest BCUT2D eigenvalue weighted by atomic mass is 16.5. The third-order valence-electron chi connectivity index (χ3n) is 4.98. The second-order valence-corrected chi connectivity index (χ2v) is 6.73. The van der Waals surface area contributed by atoms with Crippen LogP contribution in [0.1, 0.15) is 24.0 Å². The van der Waals surface area contributed by atoms with Gasteiger partial charge in [0.05, 0.1) is 18.6 Å². The van der Waals surface area contributed by atoms with Gasteiger partial charge in [-0.2, -0.15) is 0 Å². The molecule has 1 aromatic rings. The minimum atomic E-state index is -0.435. The number of ether oxygens (including phenoxy) is 1. The van der Waals surface area contributed by atoms with E-state index >= 15 is 0 Å². The van der Waals surface area contributed by atoms with Crippen LogP contribution < -0.4 is 5.73 Å². The number of carbonyl (C=O) groups excluding carboxylic acids is 2. The largest absolute Gasteiger partial charge is 0.370 e. The van der Waals surface area contributed by atoms with Crippen molar-refractivity contribution in [2.75, 3.05) is 26.2 Å². The molecule has 6 nitrogen and oxygen atoms in total. The van der Waals surface area contributed by atoms with Crippen LogP contribution in [0, 0.1) is 12.8 Å². The summed E-state index contributed by atoms with van der Waals surface area (Å²) in [5.74, 6) is 0.000240. The summed E-state index contributed by atoms with van der Waals surface area (Å²) in [4.78, 5) is 27.2. The summed E-state index contributed by atoms with van der Waals surface area (Å²) < 4.78 is 5.89. The van der Waals surface area contributed by atoms with Gasteiger partial charge < -0.3 is 20.3 Å². The highest BCUT2D eigenvalue weighted by molar-refractivity contribution is 5.81. The maximum atomic E-state index is 12.5. The zero-order chi connectivity index (χ0) is 17.1. The Morgan fingerprint density at radius 2 is 1.96 bits per heavy atom. The molecule has 2 N–H and O–H groups in total. The molecular weight excluding hydrogens is 306 g/mol. The fourth-order valence-corrected chi connectivity index (χ4v) is 3.34. The monoisotopic (exact) mass is 331 g/mol. The van der Waals surface area contributed by atoms with Crippen molar-refractivity contribution in [1.29, 1.82) is 0 Å². The van der Waals surface area contributed by atoms with Crippen molar-refractivity contribution < 1.29 is 14.3 Å². The van der Waals surface area contributed by atoms with E-state index in [1.165, 1.54) is 11.1 Å². The summed E-state index contributed by atoms with van der Waals surface area (Å²) in [7, 11) is 0. The van der Waals surface area contributed by atoms with Crippen LogP contribution in [-0.4, -0.2) is 54.0 Å². The van der Waals surface area contributed by atoms with Crippen LogP contribution in [0.3, 0.4) is 0 Å². The number of hydrogen-bond donors (Lipinski definition) is 1. The number of carbonyl (C=O) groups is 2. The zero-order valence-corrected chi connectivity index (χ0v) is 14.1. The molecule has 3 rings (SSSR count). The highest BCUT2D eigenvalue weighted by Crippen LogP contribution is 2.23. The summed E-state index contributed by atoms with van der Waals surface area (Å²) in [6, 6.07) is 7.73. The summed E-state index contributed by atoms with van der Waals surface area (Å²) in [5, 5.41) is 0. The fraction of sp³-hybridized carbons (Fsp3) is 0.556.